The zero-order chi connectivity index (χ0) is 20.0. The molecular formula is C19H23FN3O3S2+. The van der Waals surface area contributed by atoms with Crippen LogP contribution in [0.25, 0.3) is 0 Å². The number of rotatable bonds is 7. The van der Waals surface area contributed by atoms with Crippen LogP contribution >= 0.6 is 11.8 Å². The van der Waals surface area contributed by atoms with Crippen molar-refractivity contribution in [1.82, 2.24) is 4.83 Å². The van der Waals surface area contributed by atoms with E-state index in [1.807, 2.05) is 30.0 Å². The molecule has 0 amide bonds. The summed E-state index contributed by atoms with van der Waals surface area (Å²) in [6.45, 7) is 3.08. The molecule has 1 saturated heterocycles. The quantitative estimate of drug-likeness (QED) is 0.519. The van der Waals surface area contributed by atoms with Gasteiger partial charge in [-0.25, -0.2) is 9.22 Å². The van der Waals surface area contributed by atoms with Gasteiger partial charge in [0.25, 0.3) is 10.0 Å². The summed E-state index contributed by atoms with van der Waals surface area (Å²) in [4.78, 5) is 3.61. The number of sulfonamides is 1. The molecule has 0 radical (unpaired) electrons. The smallest absolute Gasteiger partial charge is 0.276 e. The first-order valence-corrected chi connectivity index (χ1v) is 11.5. The third-order valence-electron chi connectivity index (χ3n) is 4.46. The summed E-state index contributed by atoms with van der Waals surface area (Å²) < 4.78 is 42.8. The van der Waals surface area contributed by atoms with Crippen LogP contribution in [0.5, 0.6) is 5.75 Å². The summed E-state index contributed by atoms with van der Waals surface area (Å²) in [6.07, 6.45) is 1.45. The molecule has 0 spiro atoms. The van der Waals surface area contributed by atoms with Crippen molar-refractivity contribution in [3.05, 3.63) is 59.4 Å². The summed E-state index contributed by atoms with van der Waals surface area (Å²) in [5.41, 5.74) is 1.83. The van der Waals surface area contributed by atoms with E-state index in [-0.39, 0.29) is 4.90 Å². The summed E-state index contributed by atoms with van der Waals surface area (Å²) >= 11 is 1.98. The predicted molar refractivity (Wildman–Crippen MR) is 109 cm³/mol. The van der Waals surface area contributed by atoms with Crippen LogP contribution in [-0.4, -0.2) is 46.3 Å². The minimum Gasteiger partial charge on any atom is -0.496 e. The Balaban J connectivity index is 1.70. The number of hydrogen-bond donors (Lipinski definition) is 2. The average Bonchev–Trinajstić information content (AvgIpc) is 2.69. The number of nitrogens with zero attached hydrogens (tertiary/aromatic N) is 1. The summed E-state index contributed by atoms with van der Waals surface area (Å²) in [7, 11) is -2.19. The highest BCUT2D eigenvalue weighted by Crippen LogP contribution is 2.19. The van der Waals surface area contributed by atoms with E-state index in [1.165, 1.54) is 23.2 Å². The van der Waals surface area contributed by atoms with Crippen molar-refractivity contribution in [2.45, 2.75) is 11.4 Å². The van der Waals surface area contributed by atoms with Crippen LogP contribution in [0.15, 0.2) is 52.5 Å². The Morgan fingerprint density at radius 2 is 1.93 bits per heavy atom. The van der Waals surface area contributed by atoms with Gasteiger partial charge in [-0.15, -0.1) is 0 Å². The van der Waals surface area contributed by atoms with Crippen LogP contribution in [0, 0.1) is 5.82 Å². The molecule has 150 valence electrons. The van der Waals surface area contributed by atoms with Crippen molar-refractivity contribution in [1.29, 1.82) is 0 Å². The number of quaternary nitrogens is 1. The van der Waals surface area contributed by atoms with Gasteiger partial charge >= 0.3 is 0 Å². The molecule has 2 N–H and O–H groups in total. The monoisotopic (exact) mass is 424 g/mol. The molecule has 1 fully saturated rings. The van der Waals surface area contributed by atoms with Gasteiger partial charge < -0.3 is 9.64 Å². The van der Waals surface area contributed by atoms with Crippen LogP contribution in [0.2, 0.25) is 0 Å². The Kier molecular flexibility index (Phi) is 6.93. The molecule has 6 nitrogen and oxygen atoms in total. The Hall–Kier alpha value is -2.10. The van der Waals surface area contributed by atoms with Gasteiger partial charge in [-0.1, -0.05) is 0 Å². The summed E-state index contributed by atoms with van der Waals surface area (Å²) in [5.74, 6) is 2.63. The summed E-state index contributed by atoms with van der Waals surface area (Å²) in [6, 6.07) is 10.2. The molecule has 0 unspecified atom stereocenters. The molecule has 3 rings (SSSR count). The first kappa shape index (κ1) is 20.6. The van der Waals surface area contributed by atoms with Crippen LogP contribution in [0.1, 0.15) is 11.1 Å². The highest BCUT2D eigenvalue weighted by molar-refractivity contribution is 7.99. The third kappa shape index (κ3) is 5.46. The number of nitrogens with one attached hydrogen (secondary N) is 2. The molecule has 0 saturated carbocycles. The molecule has 0 aliphatic carbocycles. The molecule has 2 aromatic rings. The van der Waals surface area contributed by atoms with Crippen molar-refractivity contribution >= 4 is 28.0 Å². The van der Waals surface area contributed by atoms with E-state index in [0.717, 1.165) is 60.1 Å². The first-order chi connectivity index (χ1) is 13.5. The second-order valence-corrected chi connectivity index (χ2v) is 9.30. The fourth-order valence-corrected chi connectivity index (χ4v) is 4.82. The van der Waals surface area contributed by atoms with Gasteiger partial charge in [-0.2, -0.15) is 25.3 Å². The number of hydrogen-bond acceptors (Lipinski definition) is 5. The molecule has 9 heteroatoms. The molecule has 1 aliphatic heterocycles. The number of ether oxygens (including phenoxy) is 1. The van der Waals surface area contributed by atoms with Gasteiger partial charge in [0.15, 0.2) is 0 Å². The highest BCUT2D eigenvalue weighted by Gasteiger charge is 2.17. The van der Waals surface area contributed by atoms with Gasteiger partial charge in [0.2, 0.25) is 0 Å². The van der Waals surface area contributed by atoms with Crippen LogP contribution in [0.4, 0.5) is 4.39 Å². The lowest BCUT2D eigenvalue weighted by Gasteiger charge is -2.24. The number of halogens is 1. The van der Waals surface area contributed by atoms with E-state index in [2.05, 4.69) is 9.93 Å². The van der Waals surface area contributed by atoms with Gasteiger partial charge in [0.1, 0.15) is 18.1 Å². The third-order valence-corrected chi connectivity index (χ3v) is 6.68. The zero-order valence-electron chi connectivity index (χ0n) is 15.5. The fourth-order valence-electron chi connectivity index (χ4n) is 2.96. The van der Waals surface area contributed by atoms with E-state index in [1.54, 1.807) is 7.11 Å². The standard InChI is InChI=1S/C19H22FN3O3S2/c1-26-19-7-2-15(12-16(19)14-23-8-10-27-11-9-23)13-21-22-28(24,25)18-5-3-17(20)4-6-18/h2-7,12-13,22H,8-11,14H2,1H3/p+1/b21-13-. The van der Waals surface area contributed by atoms with E-state index in [4.69, 9.17) is 4.74 Å². The topological polar surface area (TPSA) is 72.2 Å². The molecular weight excluding hydrogens is 401 g/mol. The molecule has 28 heavy (non-hydrogen) atoms. The Bertz CT molecular complexity index is 928. The number of methoxy groups -OCH3 is 1. The first-order valence-electron chi connectivity index (χ1n) is 8.86. The van der Waals surface area contributed by atoms with Crippen LogP contribution < -0.4 is 14.5 Å². The number of hydrazone groups is 1. The van der Waals surface area contributed by atoms with Gasteiger partial charge in [0.05, 0.1) is 31.3 Å². The normalized spacial score (nSPS) is 15.6. The van der Waals surface area contributed by atoms with Crippen molar-refractivity contribution in [3.8, 4) is 5.75 Å². The van der Waals surface area contributed by atoms with Gasteiger partial charge in [-0.05, 0) is 48.0 Å². The highest BCUT2D eigenvalue weighted by atomic mass is 32.2. The van der Waals surface area contributed by atoms with Gasteiger partial charge in [0, 0.05) is 17.1 Å². The lowest BCUT2D eigenvalue weighted by Crippen LogP contribution is -3.12. The predicted octanol–water partition coefficient (Wildman–Crippen LogP) is 1.28. The maximum atomic E-state index is 13.0. The lowest BCUT2D eigenvalue weighted by atomic mass is 10.1. The molecule has 2 aromatic carbocycles. The average molecular weight is 425 g/mol. The number of thioether (sulfide) groups is 1. The minimum atomic E-state index is -3.84. The van der Waals surface area contributed by atoms with E-state index in [9.17, 15) is 12.8 Å². The van der Waals surface area contributed by atoms with Gasteiger partial charge in [-0.3, -0.25) is 0 Å². The fraction of sp³-hybridized carbons (Fsp3) is 0.316. The van der Waals surface area contributed by atoms with E-state index < -0.39 is 15.8 Å². The lowest BCUT2D eigenvalue weighted by molar-refractivity contribution is -0.910. The molecule has 0 aromatic heterocycles. The van der Waals surface area contributed by atoms with Crippen LogP contribution in [0.3, 0.4) is 0 Å². The van der Waals surface area contributed by atoms with Crippen LogP contribution in [-0.2, 0) is 16.6 Å². The minimum absolute atomic E-state index is 0.0481. The molecule has 0 bridgehead atoms. The van der Waals surface area contributed by atoms with Crippen molar-refractivity contribution in [2.24, 2.45) is 5.10 Å². The largest absolute Gasteiger partial charge is 0.496 e. The van der Waals surface area contributed by atoms with Crippen molar-refractivity contribution < 1.29 is 22.4 Å². The molecule has 0 atom stereocenters. The maximum absolute atomic E-state index is 13.0. The summed E-state index contributed by atoms with van der Waals surface area (Å²) in [5, 5.41) is 3.85. The van der Waals surface area contributed by atoms with Crippen molar-refractivity contribution in [2.75, 3.05) is 31.7 Å². The molecule has 1 aliphatic rings. The van der Waals surface area contributed by atoms with E-state index >= 15 is 0 Å². The number of benzene rings is 2. The van der Waals surface area contributed by atoms with Crippen molar-refractivity contribution in [3.63, 3.8) is 0 Å². The zero-order valence-corrected chi connectivity index (χ0v) is 17.2. The second kappa shape index (κ2) is 9.40. The van der Waals surface area contributed by atoms with E-state index in [0.29, 0.717) is 0 Å². The SMILES string of the molecule is COc1ccc(/C=N\NS(=O)(=O)c2ccc(F)cc2)cc1C[NH+]1CCSCC1. The second-order valence-electron chi connectivity index (χ2n) is 6.42. The maximum Gasteiger partial charge on any atom is 0.276 e. The molecule has 1 heterocycles. The Morgan fingerprint density at radius 3 is 2.61 bits per heavy atom. The Labute approximate surface area is 168 Å². The Morgan fingerprint density at radius 1 is 1.21 bits per heavy atom.